The van der Waals surface area contributed by atoms with Gasteiger partial charge in [0.1, 0.15) is 17.7 Å². The van der Waals surface area contributed by atoms with Gasteiger partial charge in [0.05, 0.1) is 19.5 Å². The van der Waals surface area contributed by atoms with Crippen LogP contribution in [0, 0.1) is 0 Å². The predicted octanol–water partition coefficient (Wildman–Crippen LogP) is 6.38. The van der Waals surface area contributed by atoms with Crippen LogP contribution >= 0.6 is 7.60 Å². The first-order valence-electron chi connectivity index (χ1n) is 15.1. The Morgan fingerprint density at radius 1 is 0.795 bits per heavy atom. The Kier molecular flexibility index (Phi) is 17.5. The minimum atomic E-state index is -4.18. The van der Waals surface area contributed by atoms with Crippen LogP contribution < -0.4 is 5.73 Å². The molecule has 2 heterocycles. The maximum Gasteiger partial charge on any atom is 0.350 e. The van der Waals surface area contributed by atoms with Gasteiger partial charge in [0.15, 0.2) is 11.5 Å². The summed E-state index contributed by atoms with van der Waals surface area (Å²) < 4.78 is 23.5. The number of nitrogen functional groups attached to an aromatic ring is 1. The summed E-state index contributed by atoms with van der Waals surface area (Å²) in [5.41, 5.74) is 7.14. The van der Waals surface area contributed by atoms with E-state index in [1.54, 1.807) is 10.9 Å². The molecule has 0 unspecified atom stereocenters. The number of rotatable bonds is 25. The van der Waals surface area contributed by atoms with Crippen LogP contribution in [0.15, 0.2) is 6.33 Å². The fourth-order valence-electron chi connectivity index (χ4n) is 4.65. The molecular formula is C28H52N5O5P. The number of unbranched alkanes of at least 4 members (excludes halogenated alkanes) is 15. The highest BCUT2D eigenvalue weighted by atomic mass is 31.2. The predicted molar refractivity (Wildman–Crippen MR) is 157 cm³/mol. The third-order valence-electron chi connectivity index (χ3n) is 6.89. The highest BCUT2D eigenvalue weighted by Gasteiger charge is 2.14. The minimum absolute atomic E-state index is 0.123. The van der Waals surface area contributed by atoms with Crippen LogP contribution in [0.25, 0.3) is 11.2 Å². The van der Waals surface area contributed by atoms with Gasteiger partial charge in [-0.2, -0.15) is 0 Å². The lowest BCUT2D eigenvalue weighted by Gasteiger charge is -2.08. The maximum atomic E-state index is 10.9. The van der Waals surface area contributed by atoms with E-state index < -0.39 is 13.9 Å². The van der Waals surface area contributed by atoms with Gasteiger partial charge in [0, 0.05) is 19.6 Å². The van der Waals surface area contributed by atoms with E-state index in [2.05, 4.69) is 21.9 Å². The summed E-state index contributed by atoms with van der Waals surface area (Å²) in [4.78, 5) is 30.9. The first-order valence-corrected chi connectivity index (χ1v) is 16.9. The van der Waals surface area contributed by atoms with Crippen molar-refractivity contribution in [1.82, 2.24) is 19.5 Å². The summed E-state index contributed by atoms with van der Waals surface area (Å²) >= 11 is 0. The quantitative estimate of drug-likeness (QED) is 0.0915. The fourth-order valence-corrected chi connectivity index (χ4v) is 5.02. The average Bonchev–Trinajstić information content (AvgIpc) is 3.31. The Balaban J connectivity index is 1.47. The molecule has 0 atom stereocenters. The van der Waals surface area contributed by atoms with E-state index >= 15 is 0 Å². The van der Waals surface area contributed by atoms with Crippen LogP contribution in [0.1, 0.15) is 115 Å². The van der Waals surface area contributed by atoms with Gasteiger partial charge in [-0.25, -0.2) is 15.0 Å². The third kappa shape index (κ3) is 15.7. The molecule has 0 aliphatic carbocycles. The van der Waals surface area contributed by atoms with Gasteiger partial charge in [-0.15, -0.1) is 0 Å². The molecule has 2 aromatic heterocycles. The molecule has 0 radical (unpaired) electrons. The van der Waals surface area contributed by atoms with Crippen molar-refractivity contribution in [3.63, 3.8) is 0 Å². The molecule has 0 bridgehead atoms. The molecule has 0 spiro atoms. The maximum absolute atomic E-state index is 10.9. The molecule has 0 fully saturated rings. The van der Waals surface area contributed by atoms with Crippen molar-refractivity contribution < 1.29 is 23.8 Å². The van der Waals surface area contributed by atoms with Gasteiger partial charge < -0.3 is 29.6 Å². The number of ether oxygens (including phenoxy) is 2. The number of imidazole rings is 1. The number of anilines is 1. The van der Waals surface area contributed by atoms with Crippen LogP contribution in [0.2, 0.25) is 0 Å². The number of nitrogens with two attached hydrogens (primary N) is 1. The first kappa shape index (κ1) is 33.6. The molecule has 0 saturated heterocycles. The van der Waals surface area contributed by atoms with Gasteiger partial charge in [-0.1, -0.05) is 103 Å². The van der Waals surface area contributed by atoms with E-state index in [-0.39, 0.29) is 6.61 Å². The van der Waals surface area contributed by atoms with Crippen molar-refractivity contribution in [2.24, 2.45) is 0 Å². The Labute approximate surface area is 234 Å². The second-order valence-electron chi connectivity index (χ2n) is 10.5. The van der Waals surface area contributed by atoms with Crippen molar-refractivity contribution >= 4 is 24.6 Å². The lowest BCUT2D eigenvalue weighted by atomic mass is 10.0. The van der Waals surface area contributed by atoms with Crippen LogP contribution in [0.3, 0.4) is 0 Å². The Bertz CT molecular complexity index is 952. The fraction of sp³-hybridized carbons (Fsp3) is 0.821. The average molecular weight is 570 g/mol. The standard InChI is InChI=1S/C28H52N5O5P/c1-2-3-4-5-6-7-8-9-10-11-12-13-14-15-16-17-20-37-21-18-25-31-27(29)26-28(32-25)33(23-30-26)19-22-38-24-39(34,35)36/h23H,2-22,24H2,1H3,(H2,29,31,32)(H2,34,35,36). The summed E-state index contributed by atoms with van der Waals surface area (Å²) in [6, 6.07) is 0. The smallest absolute Gasteiger partial charge is 0.350 e. The number of hydrogen-bond acceptors (Lipinski definition) is 7. The van der Waals surface area contributed by atoms with E-state index in [4.69, 9.17) is 25.0 Å². The van der Waals surface area contributed by atoms with Crippen LogP contribution in [0.4, 0.5) is 5.82 Å². The largest absolute Gasteiger partial charge is 0.382 e. The van der Waals surface area contributed by atoms with Crippen LogP contribution in [0.5, 0.6) is 0 Å². The molecule has 11 heteroatoms. The van der Waals surface area contributed by atoms with Crippen LogP contribution in [-0.4, -0.2) is 55.5 Å². The molecule has 39 heavy (non-hydrogen) atoms. The minimum Gasteiger partial charge on any atom is -0.382 e. The Morgan fingerprint density at radius 3 is 1.92 bits per heavy atom. The molecule has 0 aliphatic rings. The zero-order valence-electron chi connectivity index (χ0n) is 24.1. The number of nitrogens with zero attached hydrogens (tertiary/aromatic N) is 4. The van der Waals surface area contributed by atoms with E-state index in [9.17, 15) is 4.57 Å². The highest BCUT2D eigenvalue weighted by Crippen LogP contribution is 2.33. The van der Waals surface area contributed by atoms with Crippen LogP contribution in [-0.2, 0) is 27.0 Å². The topological polar surface area (TPSA) is 146 Å². The molecule has 0 aromatic carbocycles. The lowest BCUT2D eigenvalue weighted by Crippen LogP contribution is -2.10. The van der Waals surface area contributed by atoms with Crippen molar-refractivity contribution in [1.29, 1.82) is 0 Å². The lowest BCUT2D eigenvalue weighted by molar-refractivity contribution is 0.131. The molecular weight excluding hydrogens is 517 g/mol. The molecule has 2 aromatic rings. The zero-order chi connectivity index (χ0) is 28.2. The van der Waals surface area contributed by atoms with Gasteiger partial charge in [0.2, 0.25) is 0 Å². The van der Waals surface area contributed by atoms with Crippen molar-refractivity contribution in [3.8, 4) is 0 Å². The number of fused-ring (bicyclic) bond motifs is 1. The van der Waals surface area contributed by atoms with E-state index in [1.807, 2.05) is 0 Å². The normalized spacial score (nSPS) is 12.1. The Hall–Kier alpha value is -1.58. The number of aromatic nitrogens is 4. The van der Waals surface area contributed by atoms with Gasteiger partial charge in [-0.05, 0) is 6.42 Å². The molecule has 4 N–H and O–H groups in total. The molecule has 2 rings (SSSR count). The molecule has 10 nitrogen and oxygen atoms in total. The van der Waals surface area contributed by atoms with E-state index in [0.717, 1.165) is 13.0 Å². The summed E-state index contributed by atoms with van der Waals surface area (Å²) in [5.74, 6) is 0.896. The van der Waals surface area contributed by atoms with Gasteiger partial charge in [-0.3, -0.25) is 4.57 Å². The number of hydrogen-bond donors (Lipinski definition) is 3. The molecule has 0 amide bonds. The van der Waals surface area contributed by atoms with E-state index in [0.29, 0.717) is 42.4 Å². The first-order chi connectivity index (χ1) is 18.9. The van der Waals surface area contributed by atoms with E-state index in [1.165, 1.54) is 96.3 Å². The molecule has 0 saturated carbocycles. The van der Waals surface area contributed by atoms with Gasteiger partial charge >= 0.3 is 7.60 Å². The molecule has 0 aliphatic heterocycles. The third-order valence-corrected chi connectivity index (χ3v) is 7.40. The SMILES string of the molecule is CCCCCCCCCCCCCCCCCCOCCc1nc(N)c2ncn(CCOCP(=O)(O)O)c2n1. The second-order valence-corrected chi connectivity index (χ2v) is 12.1. The zero-order valence-corrected chi connectivity index (χ0v) is 25.0. The second kappa shape index (κ2) is 20.3. The Morgan fingerprint density at radius 2 is 1.36 bits per heavy atom. The summed E-state index contributed by atoms with van der Waals surface area (Å²) in [7, 11) is -4.18. The summed E-state index contributed by atoms with van der Waals surface area (Å²) in [5, 5.41) is 0. The summed E-state index contributed by atoms with van der Waals surface area (Å²) in [6.45, 7) is 4.02. The van der Waals surface area contributed by atoms with Crippen molar-refractivity contribution in [2.45, 2.75) is 123 Å². The van der Waals surface area contributed by atoms with Crippen molar-refractivity contribution in [2.75, 3.05) is 31.9 Å². The monoisotopic (exact) mass is 569 g/mol. The highest BCUT2D eigenvalue weighted by molar-refractivity contribution is 7.51. The van der Waals surface area contributed by atoms with Crippen molar-refractivity contribution in [3.05, 3.63) is 12.2 Å². The van der Waals surface area contributed by atoms with Gasteiger partial charge in [0.25, 0.3) is 0 Å². The molecule has 224 valence electrons. The summed E-state index contributed by atoms with van der Waals surface area (Å²) in [6.07, 6.45) is 23.2.